The van der Waals surface area contributed by atoms with Gasteiger partial charge in [0.05, 0.1) is 19.3 Å². The Morgan fingerprint density at radius 3 is 2.53 bits per heavy atom. The molecule has 9 heteroatoms. The smallest absolute Gasteiger partial charge is 0.258 e. The van der Waals surface area contributed by atoms with Crippen molar-refractivity contribution < 1.29 is 9.53 Å². The van der Waals surface area contributed by atoms with E-state index in [0.717, 1.165) is 51.6 Å². The first-order chi connectivity index (χ1) is 16.4. The fourth-order valence-corrected chi connectivity index (χ4v) is 7.15. The molecule has 1 aliphatic heterocycles. The third-order valence-corrected chi connectivity index (χ3v) is 9.72. The van der Waals surface area contributed by atoms with Crippen LogP contribution in [-0.2, 0) is 6.54 Å². The minimum atomic E-state index is -0.0111. The van der Waals surface area contributed by atoms with E-state index in [2.05, 4.69) is 41.4 Å². The quantitative estimate of drug-likeness (QED) is 0.508. The number of aromatic nitrogens is 2. The molecule has 5 aliphatic rings. The zero-order valence-corrected chi connectivity index (χ0v) is 24.0. The summed E-state index contributed by atoms with van der Waals surface area (Å²) in [5.41, 5.74) is 1.03. The van der Waals surface area contributed by atoms with Gasteiger partial charge < -0.3 is 15.4 Å². The van der Waals surface area contributed by atoms with Crippen LogP contribution < -0.4 is 15.4 Å². The van der Waals surface area contributed by atoms with Gasteiger partial charge in [-0.3, -0.25) is 9.69 Å². The summed E-state index contributed by atoms with van der Waals surface area (Å²) < 4.78 is 8.33. The number of piperazine rings is 1. The molecule has 7 nitrogen and oxygen atoms in total. The van der Waals surface area contributed by atoms with E-state index in [1.807, 2.05) is 4.68 Å². The third kappa shape index (κ3) is 6.16. The van der Waals surface area contributed by atoms with Crippen molar-refractivity contribution in [3.05, 3.63) is 11.8 Å². The van der Waals surface area contributed by atoms with Gasteiger partial charge in [-0.25, -0.2) is 4.68 Å². The van der Waals surface area contributed by atoms with E-state index in [0.29, 0.717) is 41.2 Å². The van der Waals surface area contributed by atoms with Crippen molar-refractivity contribution in [3.8, 4) is 5.88 Å². The van der Waals surface area contributed by atoms with Gasteiger partial charge in [-0.05, 0) is 54.8 Å². The molecule has 1 saturated heterocycles. The number of hydrogen-bond donors (Lipinski definition) is 2. The molecule has 0 radical (unpaired) electrons. The van der Waals surface area contributed by atoms with Crippen molar-refractivity contribution in [1.82, 2.24) is 25.3 Å². The van der Waals surface area contributed by atoms with Crippen molar-refractivity contribution >= 4 is 30.7 Å². The van der Waals surface area contributed by atoms with E-state index in [4.69, 9.17) is 4.74 Å². The summed E-state index contributed by atoms with van der Waals surface area (Å²) in [6.07, 6.45) is 10.5. The van der Waals surface area contributed by atoms with Crippen LogP contribution in [0.5, 0.6) is 5.88 Å². The lowest BCUT2D eigenvalue weighted by Gasteiger charge is -2.62. The van der Waals surface area contributed by atoms with Crippen LogP contribution in [0.25, 0.3) is 0 Å². The van der Waals surface area contributed by atoms with E-state index < -0.39 is 0 Å². The number of amides is 1. The number of halogens is 2. The maximum atomic E-state index is 13.5. The lowest BCUT2D eigenvalue weighted by molar-refractivity contribution is -0.113. The highest BCUT2D eigenvalue weighted by atomic mass is 35.5. The standard InChI is InChI=1S/C27H45N5O2.2ClH/c1-19-23-15-21(27(23,2)3)16-24(19)30-25(33)22-17-29-32(14-13-31-11-9-28-10-12-31)26(22)34-18-20-7-5-4-6-8-20;;/h17,19-21,23-24,28H,4-16,18H2,1-3H3,(H,30,33);2*1H/t19-,21-,23+,24+;;/m0../s1. The highest BCUT2D eigenvalue weighted by molar-refractivity contribution is 5.96. The second kappa shape index (κ2) is 12.7. The van der Waals surface area contributed by atoms with Crippen LogP contribution in [0, 0.1) is 29.1 Å². The summed E-state index contributed by atoms with van der Waals surface area (Å²) in [5.74, 6) is 3.20. The second-order valence-electron chi connectivity index (χ2n) is 12.0. The molecular formula is C27H47Cl2N5O2. The monoisotopic (exact) mass is 543 g/mol. The maximum Gasteiger partial charge on any atom is 0.258 e. The first-order valence-electron chi connectivity index (χ1n) is 13.9. The first kappa shape index (κ1) is 29.5. The van der Waals surface area contributed by atoms with E-state index >= 15 is 0 Å². The van der Waals surface area contributed by atoms with Crippen LogP contribution in [-0.4, -0.2) is 66.0 Å². The summed E-state index contributed by atoms with van der Waals surface area (Å²) in [5, 5.41) is 11.4. The van der Waals surface area contributed by atoms with Gasteiger partial charge >= 0.3 is 0 Å². The fourth-order valence-electron chi connectivity index (χ4n) is 7.15. The highest BCUT2D eigenvalue weighted by Gasteiger charge is 2.56. The number of nitrogens with one attached hydrogen (secondary N) is 2. The number of carbonyl (C=O) groups excluding carboxylic acids is 1. The molecule has 0 unspecified atom stereocenters. The van der Waals surface area contributed by atoms with Gasteiger partial charge in [0.2, 0.25) is 5.88 Å². The zero-order chi connectivity index (χ0) is 23.7. The Morgan fingerprint density at radius 1 is 1.14 bits per heavy atom. The predicted octanol–water partition coefficient (Wildman–Crippen LogP) is 4.39. The molecule has 2 bridgehead atoms. The van der Waals surface area contributed by atoms with E-state index in [1.54, 1.807) is 6.20 Å². The highest BCUT2D eigenvalue weighted by Crippen LogP contribution is 2.61. The van der Waals surface area contributed by atoms with Gasteiger partial charge in [-0.15, -0.1) is 24.8 Å². The minimum absolute atomic E-state index is 0. The molecule has 4 saturated carbocycles. The number of ether oxygens (including phenoxy) is 1. The van der Waals surface area contributed by atoms with Gasteiger partial charge in [0, 0.05) is 38.8 Å². The van der Waals surface area contributed by atoms with Crippen molar-refractivity contribution in [2.24, 2.45) is 29.1 Å². The average molecular weight is 545 g/mol. The molecule has 6 rings (SSSR count). The fraction of sp³-hybridized carbons (Fsp3) is 0.852. The largest absolute Gasteiger partial charge is 0.477 e. The molecule has 1 amide bonds. The van der Waals surface area contributed by atoms with E-state index in [1.165, 1.54) is 38.5 Å². The average Bonchev–Trinajstić information content (AvgIpc) is 3.26. The molecule has 2 heterocycles. The Morgan fingerprint density at radius 2 is 1.86 bits per heavy atom. The molecule has 36 heavy (non-hydrogen) atoms. The van der Waals surface area contributed by atoms with Gasteiger partial charge in [0.1, 0.15) is 5.56 Å². The molecule has 1 aromatic heterocycles. The molecular weight excluding hydrogens is 497 g/mol. The summed E-state index contributed by atoms with van der Waals surface area (Å²) >= 11 is 0. The SMILES string of the molecule is C[C@H]1[C@H]2C[C@@H](C[C@H]1NC(=O)c1cnn(CCN3CCNCC3)c1OCC1CCCCC1)C2(C)C.Cl.Cl. The summed E-state index contributed by atoms with van der Waals surface area (Å²) in [4.78, 5) is 15.9. The molecule has 2 N–H and O–H groups in total. The molecule has 4 aliphatic carbocycles. The number of rotatable bonds is 8. The van der Waals surface area contributed by atoms with Crippen molar-refractivity contribution in [2.75, 3.05) is 39.3 Å². The molecule has 206 valence electrons. The Balaban J connectivity index is 0.00000180. The van der Waals surface area contributed by atoms with E-state index in [9.17, 15) is 4.79 Å². The van der Waals surface area contributed by atoms with E-state index in [-0.39, 0.29) is 36.8 Å². The third-order valence-electron chi connectivity index (χ3n) is 9.72. The summed E-state index contributed by atoms with van der Waals surface area (Å²) in [7, 11) is 0. The Hall–Kier alpha value is -1.02. The van der Waals surface area contributed by atoms with Crippen molar-refractivity contribution in [3.63, 3.8) is 0 Å². The topological polar surface area (TPSA) is 71.4 Å². The normalized spacial score (nSPS) is 29.9. The predicted molar refractivity (Wildman–Crippen MR) is 149 cm³/mol. The lowest BCUT2D eigenvalue weighted by atomic mass is 9.45. The Bertz CT molecular complexity index is 851. The van der Waals surface area contributed by atoms with Crippen molar-refractivity contribution in [1.29, 1.82) is 0 Å². The van der Waals surface area contributed by atoms with Gasteiger partial charge in [-0.1, -0.05) is 40.0 Å². The summed E-state index contributed by atoms with van der Waals surface area (Å²) in [6.45, 7) is 13.7. The van der Waals surface area contributed by atoms with Crippen LogP contribution in [0.4, 0.5) is 0 Å². The number of nitrogens with zero attached hydrogens (tertiary/aromatic N) is 3. The van der Waals surface area contributed by atoms with Crippen LogP contribution >= 0.6 is 24.8 Å². The van der Waals surface area contributed by atoms with Crippen LogP contribution in [0.3, 0.4) is 0 Å². The molecule has 5 fully saturated rings. The van der Waals surface area contributed by atoms with Crippen LogP contribution in [0.15, 0.2) is 6.20 Å². The summed E-state index contributed by atoms with van der Waals surface area (Å²) in [6, 6.07) is 0.250. The van der Waals surface area contributed by atoms with Crippen LogP contribution in [0.1, 0.15) is 76.1 Å². The number of fused-ring (bicyclic) bond motifs is 2. The number of hydrogen-bond acceptors (Lipinski definition) is 5. The van der Waals surface area contributed by atoms with Gasteiger partial charge in [0.15, 0.2) is 0 Å². The lowest BCUT2D eigenvalue weighted by Crippen LogP contribution is -2.60. The van der Waals surface area contributed by atoms with Crippen LogP contribution in [0.2, 0.25) is 0 Å². The van der Waals surface area contributed by atoms with Gasteiger partial charge in [0.25, 0.3) is 5.91 Å². The molecule has 0 spiro atoms. The first-order valence-corrected chi connectivity index (χ1v) is 13.9. The minimum Gasteiger partial charge on any atom is -0.477 e. The zero-order valence-electron chi connectivity index (χ0n) is 22.3. The molecule has 0 aromatic carbocycles. The Labute approximate surface area is 229 Å². The Kier molecular flexibility index (Phi) is 10.4. The van der Waals surface area contributed by atoms with Gasteiger partial charge in [-0.2, -0.15) is 5.10 Å². The maximum absolute atomic E-state index is 13.5. The number of carbonyl (C=O) groups is 1. The molecule has 4 atom stereocenters. The molecule has 1 aromatic rings. The van der Waals surface area contributed by atoms with Crippen molar-refractivity contribution in [2.45, 2.75) is 78.3 Å². The second-order valence-corrected chi connectivity index (χ2v) is 12.0.